The van der Waals surface area contributed by atoms with Crippen LogP contribution in [0, 0.1) is 5.41 Å². The Labute approximate surface area is 61.6 Å². The Morgan fingerprint density at radius 1 is 1.50 bits per heavy atom. The van der Waals surface area contributed by atoms with Crippen molar-refractivity contribution in [3.63, 3.8) is 0 Å². The van der Waals surface area contributed by atoms with Crippen LogP contribution in [-0.2, 0) is 4.74 Å². The van der Waals surface area contributed by atoms with Gasteiger partial charge in [-0.25, -0.2) is 0 Å². The zero-order chi connectivity index (χ0) is 8.20. The van der Waals surface area contributed by atoms with Crippen LogP contribution in [0.4, 0.5) is 0 Å². The number of rotatable bonds is 4. The van der Waals surface area contributed by atoms with Crippen molar-refractivity contribution in [1.29, 1.82) is 0 Å². The number of hydrogen-bond donors (Lipinski definition) is 2. The number of hydrogen-bond acceptors (Lipinski definition) is 3. The number of aliphatic hydroxyl groups excluding tert-OH is 2. The zero-order valence-electron chi connectivity index (χ0n) is 6.79. The molecule has 0 rings (SSSR count). The molecule has 0 aliphatic heterocycles. The van der Waals surface area contributed by atoms with Crippen LogP contribution in [0.15, 0.2) is 0 Å². The third-order valence-corrected chi connectivity index (χ3v) is 1.40. The SMILES string of the molecule is CCOC(O)C(C)(C)CO. The van der Waals surface area contributed by atoms with Crippen LogP contribution in [0.2, 0.25) is 0 Å². The Kier molecular flexibility index (Phi) is 3.86. The van der Waals surface area contributed by atoms with Crippen LogP contribution >= 0.6 is 0 Å². The normalized spacial score (nSPS) is 15.3. The maximum absolute atomic E-state index is 9.19. The highest BCUT2D eigenvalue weighted by molar-refractivity contribution is 4.69. The Bertz CT molecular complexity index is 90.9. The molecule has 62 valence electrons. The predicted octanol–water partition coefficient (Wildman–Crippen LogP) is 0.360. The van der Waals surface area contributed by atoms with Crippen molar-refractivity contribution in [3.05, 3.63) is 0 Å². The highest BCUT2D eigenvalue weighted by Gasteiger charge is 2.27. The largest absolute Gasteiger partial charge is 0.396 e. The van der Waals surface area contributed by atoms with E-state index < -0.39 is 11.7 Å². The first kappa shape index (κ1) is 9.88. The van der Waals surface area contributed by atoms with Crippen molar-refractivity contribution in [1.82, 2.24) is 0 Å². The van der Waals surface area contributed by atoms with E-state index in [2.05, 4.69) is 0 Å². The van der Waals surface area contributed by atoms with E-state index in [0.29, 0.717) is 6.61 Å². The molecule has 0 aromatic heterocycles. The number of ether oxygens (including phenoxy) is 1. The molecule has 10 heavy (non-hydrogen) atoms. The summed E-state index contributed by atoms with van der Waals surface area (Å²) in [5, 5.41) is 17.9. The van der Waals surface area contributed by atoms with E-state index >= 15 is 0 Å². The van der Waals surface area contributed by atoms with Gasteiger partial charge >= 0.3 is 0 Å². The van der Waals surface area contributed by atoms with E-state index in [1.807, 2.05) is 0 Å². The maximum atomic E-state index is 9.19. The summed E-state index contributed by atoms with van der Waals surface area (Å²) in [4.78, 5) is 0. The molecule has 3 heteroatoms. The quantitative estimate of drug-likeness (QED) is 0.566. The molecule has 0 fully saturated rings. The van der Waals surface area contributed by atoms with Gasteiger partial charge in [0.25, 0.3) is 0 Å². The molecule has 1 unspecified atom stereocenters. The molecule has 0 saturated carbocycles. The van der Waals surface area contributed by atoms with Gasteiger partial charge in [-0.05, 0) is 6.92 Å². The second-order valence-corrected chi connectivity index (χ2v) is 2.95. The van der Waals surface area contributed by atoms with Crippen LogP contribution in [0.25, 0.3) is 0 Å². The summed E-state index contributed by atoms with van der Waals surface area (Å²) in [5.41, 5.74) is -0.560. The fraction of sp³-hybridized carbons (Fsp3) is 1.00. The minimum atomic E-state index is -0.873. The van der Waals surface area contributed by atoms with Crippen molar-refractivity contribution in [3.8, 4) is 0 Å². The second-order valence-electron chi connectivity index (χ2n) is 2.95. The molecule has 3 nitrogen and oxygen atoms in total. The molecule has 0 aliphatic carbocycles. The predicted molar refractivity (Wildman–Crippen MR) is 38.5 cm³/mol. The van der Waals surface area contributed by atoms with Gasteiger partial charge in [0.05, 0.1) is 6.61 Å². The van der Waals surface area contributed by atoms with Crippen molar-refractivity contribution >= 4 is 0 Å². The lowest BCUT2D eigenvalue weighted by atomic mass is 9.94. The van der Waals surface area contributed by atoms with Crippen LogP contribution in [-0.4, -0.2) is 29.7 Å². The van der Waals surface area contributed by atoms with Gasteiger partial charge in [-0.3, -0.25) is 0 Å². The molecule has 1 atom stereocenters. The smallest absolute Gasteiger partial charge is 0.161 e. The Morgan fingerprint density at radius 3 is 2.30 bits per heavy atom. The standard InChI is InChI=1S/C7H16O3/c1-4-10-6(9)7(2,3)5-8/h6,8-9H,4-5H2,1-3H3. The highest BCUT2D eigenvalue weighted by Crippen LogP contribution is 2.19. The van der Waals surface area contributed by atoms with Crippen molar-refractivity contribution in [2.45, 2.75) is 27.1 Å². The topological polar surface area (TPSA) is 49.7 Å². The van der Waals surface area contributed by atoms with Gasteiger partial charge in [0.15, 0.2) is 6.29 Å². The van der Waals surface area contributed by atoms with Gasteiger partial charge in [-0.1, -0.05) is 13.8 Å². The zero-order valence-corrected chi connectivity index (χ0v) is 6.79. The summed E-state index contributed by atoms with van der Waals surface area (Å²) in [6, 6.07) is 0. The van der Waals surface area contributed by atoms with Gasteiger partial charge in [-0.2, -0.15) is 0 Å². The average molecular weight is 148 g/mol. The highest BCUT2D eigenvalue weighted by atomic mass is 16.6. The lowest BCUT2D eigenvalue weighted by molar-refractivity contribution is -0.172. The van der Waals surface area contributed by atoms with Crippen molar-refractivity contribution in [2.75, 3.05) is 13.2 Å². The molecule has 0 aromatic rings. The molecular weight excluding hydrogens is 132 g/mol. The molecule has 0 heterocycles. The van der Waals surface area contributed by atoms with Gasteiger partial charge in [0.1, 0.15) is 0 Å². The monoisotopic (exact) mass is 148 g/mol. The summed E-state index contributed by atoms with van der Waals surface area (Å²) in [5.74, 6) is 0. The van der Waals surface area contributed by atoms with E-state index in [9.17, 15) is 5.11 Å². The first-order valence-corrected chi connectivity index (χ1v) is 3.45. The van der Waals surface area contributed by atoms with Crippen LogP contribution in [0.1, 0.15) is 20.8 Å². The van der Waals surface area contributed by atoms with E-state index in [-0.39, 0.29) is 6.61 Å². The molecule has 0 aromatic carbocycles. The first-order chi connectivity index (χ1) is 4.54. The molecule has 0 spiro atoms. The summed E-state index contributed by atoms with van der Waals surface area (Å²) in [7, 11) is 0. The molecule has 0 amide bonds. The van der Waals surface area contributed by atoms with E-state index in [4.69, 9.17) is 9.84 Å². The molecule has 0 saturated heterocycles. The molecule has 0 bridgehead atoms. The van der Waals surface area contributed by atoms with Gasteiger partial charge in [-0.15, -0.1) is 0 Å². The van der Waals surface area contributed by atoms with Crippen molar-refractivity contribution in [2.24, 2.45) is 5.41 Å². The molecular formula is C7H16O3. The van der Waals surface area contributed by atoms with E-state index in [1.54, 1.807) is 20.8 Å². The summed E-state index contributed by atoms with van der Waals surface area (Å²) >= 11 is 0. The van der Waals surface area contributed by atoms with Crippen LogP contribution in [0.5, 0.6) is 0 Å². The van der Waals surface area contributed by atoms with Crippen molar-refractivity contribution < 1.29 is 14.9 Å². The van der Waals surface area contributed by atoms with Crippen LogP contribution in [0.3, 0.4) is 0 Å². The summed E-state index contributed by atoms with van der Waals surface area (Å²) < 4.78 is 4.89. The fourth-order valence-electron chi connectivity index (χ4n) is 0.462. The first-order valence-electron chi connectivity index (χ1n) is 3.45. The van der Waals surface area contributed by atoms with E-state index in [1.165, 1.54) is 0 Å². The van der Waals surface area contributed by atoms with Gasteiger partial charge in [0.2, 0.25) is 0 Å². The molecule has 0 radical (unpaired) electrons. The number of aliphatic hydroxyl groups is 2. The Hall–Kier alpha value is -0.120. The lowest BCUT2D eigenvalue weighted by Gasteiger charge is -2.27. The lowest BCUT2D eigenvalue weighted by Crippen LogP contribution is -2.34. The third kappa shape index (κ3) is 2.64. The maximum Gasteiger partial charge on any atom is 0.161 e. The van der Waals surface area contributed by atoms with Crippen LogP contribution < -0.4 is 0 Å². The third-order valence-electron chi connectivity index (χ3n) is 1.40. The average Bonchev–Trinajstić information content (AvgIpc) is 1.89. The fourth-order valence-corrected chi connectivity index (χ4v) is 0.462. The minimum absolute atomic E-state index is 0.0752. The van der Waals surface area contributed by atoms with Gasteiger partial charge < -0.3 is 14.9 Å². The minimum Gasteiger partial charge on any atom is -0.396 e. The summed E-state index contributed by atoms with van der Waals surface area (Å²) in [6.07, 6.45) is -0.873. The van der Waals surface area contributed by atoms with E-state index in [0.717, 1.165) is 0 Å². The molecule has 2 N–H and O–H groups in total. The van der Waals surface area contributed by atoms with Gasteiger partial charge in [0, 0.05) is 12.0 Å². The summed E-state index contributed by atoms with van der Waals surface area (Å²) in [6.45, 7) is 5.68. The Balaban J connectivity index is 3.78. The Morgan fingerprint density at radius 2 is 2.00 bits per heavy atom. The molecule has 0 aliphatic rings. The second kappa shape index (κ2) is 3.91.